The molecule has 0 saturated carbocycles. The Hall–Kier alpha value is -2.96. The van der Waals surface area contributed by atoms with Gasteiger partial charge in [0.05, 0.1) is 35.0 Å². The molecular weight excluding hydrogens is 328 g/mol. The van der Waals surface area contributed by atoms with Gasteiger partial charge in [0.2, 0.25) is 5.88 Å². The predicted octanol–water partition coefficient (Wildman–Crippen LogP) is 3.20. The largest absolute Gasteiger partial charge is 0.437 e. The van der Waals surface area contributed by atoms with E-state index in [1.54, 1.807) is 17.1 Å². The first kappa shape index (κ1) is 16.5. The van der Waals surface area contributed by atoms with Gasteiger partial charge in [-0.1, -0.05) is 0 Å². The van der Waals surface area contributed by atoms with E-state index in [2.05, 4.69) is 20.4 Å². The summed E-state index contributed by atoms with van der Waals surface area (Å²) in [4.78, 5) is 13.4. The molecule has 4 rings (SSSR count). The fourth-order valence-corrected chi connectivity index (χ4v) is 3.24. The van der Waals surface area contributed by atoms with Crippen LogP contribution in [-0.2, 0) is 26.4 Å². The molecule has 0 radical (unpaired) electrons. The highest BCUT2D eigenvalue weighted by Crippen LogP contribution is 2.27. The van der Waals surface area contributed by atoms with Gasteiger partial charge in [0.15, 0.2) is 0 Å². The number of pyridine rings is 1. The van der Waals surface area contributed by atoms with Gasteiger partial charge in [-0.05, 0) is 44.7 Å². The Morgan fingerprint density at radius 3 is 2.85 bits per heavy atom. The van der Waals surface area contributed by atoms with Crippen LogP contribution in [0, 0.1) is 6.92 Å². The van der Waals surface area contributed by atoms with Crippen LogP contribution < -0.4 is 10.1 Å². The smallest absolute Gasteiger partial charge is 0.222 e. The zero-order valence-electron chi connectivity index (χ0n) is 15.1. The molecule has 26 heavy (non-hydrogen) atoms. The van der Waals surface area contributed by atoms with Crippen molar-refractivity contribution < 1.29 is 4.74 Å². The minimum absolute atomic E-state index is 0.572. The van der Waals surface area contributed by atoms with Crippen LogP contribution in [0.4, 0.5) is 5.82 Å². The van der Waals surface area contributed by atoms with Crippen LogP contribution in [0.1, 0.15) is 35.5 Å². The fraction of sp³-hybridized carbons (Fsp3) is 0.368. The molecule has 7 heteroatoms. The molecule has 7 nitrogen and oxygen atoms in total. The highest BCUT2D eigenvalue weighted by Gasteiger charge is 2.17. The number of rotatable bonds is 5. The summed E-state index contributed by atoms with van der Waals surface area (Å²) in [6, 6.07) is 3.72. The molecule has 0 saturated heterocycles. The van der Waals surface area contributed by atoms with Gasteiger partial charge < -0.3 is 10.1 Å². The lowest BCUT2D eigenvalue weighted by molar-refractivity contribution is 0.425. The first-order valence-electron chi connectivity index (χ1n) is 8.89. The molecule has 3 heterocycles. The monoisotopic (exact) mass is 350 g/mol. The fourth-order valence-electron chi connectivity index (χ4n) is 3.24. The molecule has 0 amide bonds. The van der Waals surface area contributed by atoms with E-state index in [1.807, 2.05) is 32.3 Å². The number of nitrogens with one attached hydrogen (secondary N) is 1. The lowest BCUT2D eigenvalue weighted by Crippen LogP contribution is -2.11. The van der Waals surface area contributed by atoms with Crippen LogP contribution in [-0.4, -0.2) is 24.7 Å². The SMILES string of the molecule is Cc1nn(C)c(Oc2cccnc2)c1CNc1cnc2c(n1)CCCC2. The molecule has 0 unspecified atom stereocenters. The number of aromatic nitrogens is 5. The molecule has 0 aliphatic heterocycles. The second-order valence-corrected chi connectivity index (χ2v) is 6.49. The summed E-state index contributed by atoms with van der Waals surface area (Å²) in [5, 5.41) is 7.85. The normalized spacial score (nSPS) is 13.3. The van der Waals surface area contributed by atoms with E-state index in [9.17, 15) is 0 Å². The van der Waals surface area contributed by atoms with Crippen molar-refractivity contribution in [3.05, 3.63) is 53.4 Å². The van der Waals surface area contributed by atoms with E-state index in [0.717, 1.165) is 41.3 Å². The standard InChI is InChI=1S/C19H22N6O/c1-13-15(19(25(2)24-13)26-14-6-5-9-20-10-14)11-22-18-12-21-16-7-3-4-8-17(16)23-18/h5-6,9-10,12H,3-4,7-8,11H2,1-2H3,(H,22,23). The van der Waals surface area contributed by atoms with Crippen molar-refractivity contribution >= 4 is 5.82 Å². The van der Waals surface area contributed by atoms with Gasteiger partial charge >= 0.3 is 0 Å². The number of aryl methyl sites for hydroxylation is 4. The van der Waals surface area contributed by atoms with Crippen molar-refractivity contribution in [2.24, 2.45) is 7.05 Å². The number of ether oxygens (including phenoxy) is 1. The van der Waals surface area contributed by atoms with E-state index in [4.69, 9.17) is 9.72 Å². The van der Waals surface area contributed by atoms with Crippen LogP contribution >= 0.6 is 0 Å². The summed E-state index contributed by atoms with van der Waals surface area (Å²) in [5.74, 6) is 2.18. The molecule has 0 spiro atoms. The maximum absolute atomic E-state index is 6.00. The van der Waals surface area contributed by atoms with Crippen molar-refractivity contribution in [2.75, 3.05) is 5.32 Å². The third-order valence-electron chi connectivity index (χ3n) is 4.59. The van der Waals surface area contributed by atoms with E-state index in [-0.39, 0.29) is 0 Å². The average molecular weight is 350 g/mol. The maximum atomic E-state index is 6.00. The summed E-state index contributed by atoms with van der Waals surface area (Å²) >= 11 is 0. The number of anilines is 1. The van der Waals surface area contributed by atoms with Crippen LogP contribution in [0.15, 0.2) is 30.7 Å². The molecule has 3 aromatic rings. The topological polar surface area (TPSA) is 77.8 Å². The molecule has 0 aromatic carbocycles. The van der Waals surface area contributed by atoms with E-state index < -0.39 is 0 Å². The molecular formula is C19H22N6O. The zero-order valence-corrected chi connectivity index (χ0v) is 15.1. The van der Waals surface area contributed by atoms with Crippen molar-refractivity contribution in [1.82, 2.24) is 24.7 Å². The second-order valence-electron chi connectivity index (χ2n) is 6.49. The molecule has 0 bridgehead atoms. The molecule has 0 atom stereocenters. The first-order chi connectivity index (χ1) is 12.7. The Labute approximate surface area is 152 Å². The molecule has 1 aliphatic rings. The molecule has 1 aliphatic carbocycles. The molecule has 1 N–H and O–H groups in total. The molecule has 3 aromatic heterocycles. The van der Waals surface area contributed by atoms with Crippen LogP contribution in [0.5, 0.6) is 11.6 Å². The lowest BCUT2D eigenvalue weighted by Gasteiger charge is -2.15. The Kier molecular flexibility index (Phi) is 4.51. The second kappa shape index (κ2) is 7.11. The maximum Gasteiger partial charge on any atom is 0.222 e. The van der Waals surface area contributed by atoms with Gasteiger partial charge in [-0.2, -0.15) is 5.10 Å². The van der Waals surface area contributed by atoms with Gasteiger partial charge in [-0.25, -0.2) is 9.67 Å². The molecule has 134 valence electrons. The summed E-state index contributed by atoms with van der Waals surface area (Å²) in [5.41, 5.74) is 4.18. The predicted molar refractivity (Wildman–Crippen MR) is 98.3 cm³/mol. The van der Waals surface area contributed by atoms with Crippen LogP contribution in [0.25, 0.3) is 0 Å². The summed E-state index contributed by atoms with van der Waals surface area (Å²) in [6.07, 6.45) is 9.67. The van der Waals surface area contributed by atoms with Crippen molar-refractivity contribution in [2.45, 2.75) is 39.2 Å². The van der Waals surface area contributed by atoms with Gasteiger partial charge in [0.1, 0.15) is 11.6 Å². The zero-order chi connectivity index (χ0) is 17.9. The van der Waals surface area contributed by atoms with Gasteiger partial charge in [0.25, 0.3) is 0 Å². The Morgan fingerprint density at radius 2 is 2.04 bits per heavy atom. The third-order valence-corrected chi connectivity index (χ3v) is 4.59. The van der Waals surface area contributed by atoms with Gasteiger partial charge in [-0.3, -0.25) is 9.97 Å². The first-order valence-corrected chi connectivity index (χ1v) is 8.89. The Morgan fingerprint density at radius 1 is 1.19 bits per heavy atom. The minimum Gasteiger partial charge on any atom is -0.437 e. The Bertz CT molecular complexity index is 906. The lowest BCUT2D eigenvalue weighted by atomic mass is 10.0. The van der Waals surface area contributed by atoms with Crippen LogP contribution in [0.3, 0.4) is 0 Å². The average Bonchev–Trinajstić information content (AvgIpc) is 2.93. The van der Waals surface area contributed by atoms with E-state index in [1.165, 1.54) is 12.8 Å². The third kappa shape index (κ3) is 3.37. The number of fused-ring (bicyclic) bond motifs is 1. The van der Waals surface area contributed by atoms with Crippen molar-refractivity contribution in [3.8, 4) is 11.6 Å². The quantitative estimate of drug-likeness (QED) is 0.761. The number of hydrogen-bond acceptors (Lipinski definition) is 6. The summed E-state index contributed by atoms with van der Waals surface area (Å²) in [7, 11) is 1.88. The van der Waals surface area contributed by atoms with Crippen molar-refractivity contribution in [3.63, 3.8) is 0 Å². The highest BCUT2D eigenvalue weighted by atomic mass is 16.5. The number of hydrogen-bond donors (Lipinski definition) is 1. The van der Waals surface area contributed by atoms with Crippen LogP contribution in [0.2, 0.25) is 0 Å². The number of nitrogens with zero attached hydrogens (tertiary/aromatic N) is 5. The van der Waals surface area contributed by atoms with Gasteiger partial charge in [-0.15, -0.1) is 0 Å². The molecule has 0 fully saturated rings. The van der Waals surface area contributed by atoms with Crippen molar-refractivity contribution in [1.29, 1.82) is 0 Å². The minimum atomic E-state index is 0.572. The summed E-state index contributed by atoms with van der Waals surface area (Å²) < 4.78 is 7.75. The summed E-state index contributed by atoms with van der Waals surface area (Å²) in [6.45, 7) is 2.55. The van der Waals surface area contributed by atoms with E-state index in [0.29, 0.717) is 18.2 Å². The van der Waals surface area contributed by atoms with Gasteiger partial charge in [0, 0.05) is 19.8 Å². The Balaban J connectivity index is 1.53. The highest BCUT2D eigenvalue weighted by molar-refractivity contribution is 5.40. The van der Waals surface area contributed by atoms with E-state index >= 15 is 0 Å².